The van der Waals surface area contributed by atoms with Gasteiger partial charge in [0.05, 0.1) is 7.11 Å². The van der Waals surface area contributed by atoms with Crippen LogP contribution in [0.15, 0.2) is 23.8 Å². The third kappa shape index (κ3) is 4.52. The van der Waals surface area contributed by atoms with Crippen LogP contribution in [0.2, 0.25) is 0 Å². The molecule has 1 rings (SSSR count). The number of methoxy groups -OCH3 is 1. The van der Waals surface area contributed by atoms with Gasteiger partial charge in [-0.25, -0.2) is 4.79 Å². The number of nitriles is 1. The number of anilines is 1. The molecule has 118 valence electrons. The number of carboxylic acids is 1. The molecular weight excluding hydrogens is 280 g/mol. The number of carbonyl (C=O) groups is 1. The van der Waals surface area contributed by atoms with Gasteiger partial charge in [-0.15, -0.1) is 0 Å². The summed E-state index contributed by atoms with van der Waals surface area (Å²) in [6.07, 6.45) is 3.41. The maximum Gasteiger partial charge on any atom is 0.346 e. The van der Waals surface area contributed by atoms with Crippen LogP contribution in [0.5, 0.6) is 5.75 Å². The average molecular weight is 302 g/mol. The summed E-state index contributed by atoms with van der Waals surface area (Å²) >= 11 is 0. The van der Waals surface area contributed by atoms with Crippen molar-refractivity contribution >= 4 is 17.7 Å². The summed E-state index contributed by atoms with van der Waals surface area (Å²) in [5.41, 5.74) is 1.30. The van der Waals surface area contributed by atoms with Crippen molar-refractivity contribution in [3.05, 3.63) is 29.3 Å². The number of rotatable bonds is 8. The molecule has 0 atom stereocenters. The Morgan fingerprint density at radius 1 is 1.36 bits per heavy atom. The van der Waals surface area contributed by atoms with E-state index in [9.17, 15) is 4.79 Å². The van der Waals surface area contributed by atoms with Gasteiger partial charge in [-0.1, -0.05) is 13.8 Å². The molecule has 0 bridgehead atoms. The van der Waals surface area contributed by atoms with Crippen molar-refractivity contribution in [2.24, 2.45) is 0 Å². The van der Waals surface area contributed by atoms with E-state index >= 15 is 0 Å². The Hall–Kier alpha value is -2.48. The summed E-state index contributed by atoms with van der Waals surface area (Å²) < 4.78 is 5.34. The zero-order chi connectivity index (χ0) is 16.5. The number of carboxylic acid groups (broad SMARTS) is 1. The Bertz CT molecular complexity index is 582. The highest BCUT2D eigenvalue weighted by Crippen LogP contribution is 2.28. The molecule has 0 aliphatic heterocycles. The Labute approximate surface area is 131 Å². The van der Waals surface area contributed by atoms with Gasteiger partial charge in [0, 0.05) is 30.4 Å². The van der Waals surface area contributed by atoms with Gasteiger partial charge < -0.3 is 14.7 Å². The fourth-order valence-corrected chi connectivity index (χ4v) is 2.22. The molecule has 22 heavy (non-hydrogen) atoms. The first-order chi connectivity index (χ1) is 10.6. The van der Waals surface area contributed by atoms with Crippen LogP contribution in [0.3, 0.4) is 0 Å². The second-order valence-corrected chi connectivity index (χ2v) is 4.89. The van der Waals surface area contributed by atoms with E-state index < -0.39 is 5.97 Å². The topological polar surface area (TPSA) is 73.6 Å². The molecule has 0 radical (unpaired) electrons. The number of nitrogens with zero attached hydrogens (tertiary/aromatic N) is 2. The highest BCUT2D eigenvalue weighted by molar-refractivity contribution is 5.97. The van der Waals surface area contributed by atoms with Crippen LogP contribution in [0.4, 0.5) is 5.69 Å². The molecule has 1 aromatic carbocycles. The van der Waals surface area contributed by atoms with Gasteiger partial charge in [-0.3, -0.25) is 0 Å². The zero-order valence-corrected chi connectivity index (χ0v) is 13.3. The number of benzene rings is 1. The predicted octanol–water partition coefficient (Wildman–Crippen LogP) is 3.31. The first kappa shape index (κ1) is 17.6. The second kappa shape index (κ2) is 8.73. The fraction of sp³-hybridized carbons (Fsp3) is 0.412. The number of hydrogen-bond donors (Lipinski definition) is 1. The van der Waals surface area contributed by atoms with E-state index in [1.54, 1.807) is 12.1 Å². The van der Waals surface area contributed by atoms with Crippen molar-refractivity contribution in [2.75, 3.05) is 25.1 Å². The Morgan fingerprint density at radius 3 is 2.45 bits per heavy atom. The molecule has 0 amide bonds. The first-order valence-electron chi connectivity index (χ1n) is 7.35. The molecule has 0 aliphatic carbocycles. The van der Waals surface area contributed by atoms with E-state index in [4.69, 9.17) is 15.1 Å². The molecule has 0 aliphatic rings. The lowest BCUT2D eigenvalue weighted by Crippen LogP contribution is -2.24. The number of hydrogen-bond acceptors (Lipinski definition) is 4. The molecular formula is C17H22N2O3. The lowest BCUT2D eigenvalue weighted by Gasteiger charge is -2.24. The molecule has 5 heteroatoms. The monoisotopic (exact) mass is 302 g/mol. The van der Waals surface area contributed by atoms with E-state index in [1.165, 1.54) is 13.2 Å². The van der Waals surface area contributed by atoms with E-state index in [2.05, 4.69) is 18.7 Å². The van der Waals surface area contributed by atoms with Crippen molar-refractivity contribution < 1.29 is 14.6 Å². The van der Waals surface area contributed by atoms with Crippen LogP contribution < -0.4 is 9.64 Å². The molecule has 0 aromatic heterocycles. The van der Waals surface area contributed by atoms with Gasteiger partial charge in [-0.2, -0.15) is 5.26 Å². The highest BCUT2D eigenvalue weighted by Gasteiger charge is 2.11. The van der Waals surface area contributed by atoms with Gasteiger partial charge in [-0.05, 0) is 31.1 Å². The minimum atomic E-state index is -1.24. The summed E-state index contributed by atoms with van der Waals surface area (Å²) in [6, 6.07) is 7.27. The second-order valence-electron chi connectivity index (χ2n) is 4.89. The molecule has 1 N–H and O–H groups in total. The van der Waals surface area contributed by atoms with E-state index in [1.807, 2.05) is 12.1 Å². The van der Waals surface area contributed by atoms with Crippen molar-refractivity contribution in [1.82, 2.24) is 0 Å². The Kier molecular flexibility index (Phi) is 6.97. The van der Waals surface area contributed by atoms with Crippen molar-refractivity contribution in [3.8, 4) is 11.8 Å². The normalized spacial score (nSPS) is 10.9. The van der Waals surface area contributed by atoms with Gasteiger partial charge in [0.1, 0.15) is 17.4 Å². The summed E-state index contributed by atoms with van der Waals surface area (Å²) in [4.78, 5) is 13.2. The minimum Gasteiger partial charge on any atom is -0.496 e. The molecule has 5 nitrogen and oxygen atoms in total. The molecule has 1 aromatic rings. The summed E-state index contributed by atoms with van der Waals surface area (Å²) in [6.45, 7) is 6.15. The van der Waals surface area contributed by atoms with Gasteiger partial charge in [0.25, 0.3) is 0 Å². The van der Waals surface area contributed by atoms with Crippen molar-refractivity contribution in [3.63, 3.8) is 0 Å². The maximum absolute atomic E-state index is 10.9. The molecule has 0 unspecified atom stereocenters. The largest absolute Gasteiger partial charge is 0.496 e. The highest BCUT2D eigenvalue weighted by atomic mass is 16.5. The standard InChI is InChI=1S/C17H22N2O3/c1-4-8-19(9-5-2)15-7-6-13(16(11-15)22-3)10-14(12-18)17(20)21/h6-7,10-11H,4-5,8-9H2,1-3H3,(H,20,21)/b14-10+. The van der Waals surface area contributed by atoms with Crippen molar-refractivity contribution in [2.45, 2.75) is 26.7 Å². The predicted molar refractivity (Wildman–Crippen MR) is 87.0 cm³/mol. The maximum atomic E-state index is 10.9. The van der Waals surface area contributed by atoms with E-state index in [-0.39, 0.29) is 5.57 Å². The van der Waals surface area contributed by atoms with E-state index in [0.29, 0.717) is 11.3 Å². The van der Waals surface area contributed by atoms with Gasteiger partial charge in [0.15, 0.2) is 0 Å². The summed E-state index contributed by atoms with van der Waals surface area (Å²) in [5.74, 6) is -0.684. The minimum absolute atomic E-state index is 0.315. The number of aliphatic carboxylic acids is 1. The van der Waals surface area contributed by atoms with Crippen LogP contribution in [-0.2, 0) is 4.79 Å². The van der Waals surface area contributed by atoms with Crippen LogP contribution in [-0.4, -0.2) is 31.3 Å². The zero-order valence-electron chi connectivity index (χ0n) is 13.3. The lowest BCUT2D eigenvalue weighted by atomic mass is 10.1. The van der Waals surface area contributed by atoms with Gasteiger partial charge >= 0.3 is 5.97 Å². The van der Waals surface area contributed by atoms with Crippen LogP contribution in [0.1, 0.15) is 32.3 Å². The quantitative estimate of drug-likeness (QED) is 0.589. The van der Waals surface area contributed by atoms with Crippen LogP contribution in [0, 0.1) is 11.3 Å². The SMILES string of the molecule is CCCN(CCC)c1ccc(/C=C(\C#N)C(=O)O)c(OC)c1. The Balaban J connectivity index is 3.20. The van der Waals surface area contributed by atoms with Crippen LogP contribution >= 0.6 is 0 Å². The average Bonchev–Trinajstić information content (AvgIpc) is 2.52. The van der Waals surface area contributed by atoms with Crippen molar-refractivity contribution in [1.29, 1.82) is 5.26 Å². The lowest BCUT2D eigenvalue weighted by molar-refractivity contribution is -0.132. The molecule has 0 fully saturated rings. The number of ether oxygens (including phenoxy) is 1. The fourth-order valence-electron chi connectivity index (χ4n) is 2.22. The van der Waals surface area contributed by atoms with Crippen LogP contribution in [0.25, 0.3) is 6.08 Å². The Morgan fingerprint density at radius 2 is 2.00 bits per heavy atom. The van der Waals surface area contributed by atoms with E-state index in [0.717, 1.165) is 31.6 Å². The third-order valence-corrected chi connectivity index (χ3v) is 3.22. The molecule has 0 saturated heterocycles. The summed E-state index contributed by atoms with van der Waals surface area (Å²) in [7, 11) is 1.53. The molecule has 0 saturated carbocycles. The molecule has 0 spiro atoms. The summed E-state index contributed by atoms with van der Waals surface area (Å²) in [5, 5.41) is 17.8. The smallest absolute Gasteiger partial charge is 0.346 e. The molecule has 0 heterocycles. The van der Waals surface area contributed by atoms with Gasteiger partial charge in [0.2, 0.25) is 0 Å². The third-order valence-electron chi connectivity index (χ3n) is 3.22. The first-order valence-corrected chi connectivity index (χ1v) is 7.35.